The molecule has 0 saturated carbocycles. The molecule has 2 rings (SSSR count). The smallest absolute Gasteiger partial charge is 0.188 e. The van der Waals surface area contributed by atoms with Crippen molar-refractivity contribution in [3.8, 4) is 0 Å². The number of rotatable bonds is 1. The molecule has 5 nitrogen and oxygen atoms in total. The molecule has 0 saturated heterocycles. The third-order valence-electron chi connectivity index (χ3n) is 2.00. The molecule has 1 aromatic heterocycles. The normalized spacial score (nSPS) is 16.2. The second-order valence-electron chi connectivity index (χ2n) is 2.81. The van der Waals surface area contributed by atoms with Crippen molar-refractivity contribution in [3.63, 3.8) is 0 Å². The van der Waals surface area contributed by atoms with Gasteiger partial charge in [-0.15, -0.1) is 0 Å². The van der Waals surface area contributed by atoms with Gasteiger partial charge in [-0.05, 0) is 6.92 Å². The molecule has 0 aromatic carbocycles. The highest BCUT2D eigenvalue weighted by Crippen LogP contribution is 2.27. The van der Waals surface area contributed by atoms with Gasteiger partial charge in [0.15, 0.2) is 11.0 Å². The molecule has 1 aliphatic rings. The Hall–Kier alpha value is -1.17. The first kappa shape index (κ1) is 8.43. The Balaban J connectivity index is 2.56. The van der Waals surface area contributed by atoms with Gasteiger partial charge in [-0.3, -0.25) is 0 Å². The Kier molecular flexibility index (Phi) is 1.91. The van der Waals surface area contributed by atoms with E-state index in [0.717, 1.165) is 28.8 Å². The summed E-state index contributed by atoms with van der Waals surface area (Å²) in [4.78, 5) is 4.31. The third kappa shape index (κ3) is 1.17. The quantitative estimate of drug-likeness (QED) is 0.296. The van der Waals surface area contributed by atoms with Crippen LogP contribution in [0, 0.1) is 6.92 Å². The summed E-state index contributed by atoms with van der Waals surface area (Å²) in [6.45, 7) is 2.74. The molecule has 0 atom stereocenters. The van der Waals surface area contributed by atoms with Gasteiger partial charge in [0.2, 0.25) is 0 Å². The van der Waals surface area contributed by atoms with E-state index in [1.54, 1.807) is 11.8 Å². The zero-order valence-electron chi connectivity index (χ0n) is 7.19. The number of oxime groups is 1. The van der Waals surface area contributed by atoms with Gasteiger partial charge in [0.25, 0.3) is 0 Å². The van der Waals surface area contributed by atoms with Crippen LogP contribution < -0.4 is 5.73 Å². The minimum Gasteiger partial charge on any atom is -0.409 e. The van der Waals surface area contributed by atoms with Crippen LogP contribution in [0.25, 0.3) is 0 Å². The SMILES string of the molecule is Cc1nc2n(c1/C(N)=N\O)CCS2. The van der Waals surface area contributed by atoms with Crippen molar-refractivity contribution in [1.82, 2.24) is 9.55 Å². The number of nitrogens with zero attached hydrogens (tertiary/aromatic N) is 3. The Morgan fingerprint density at radius 3 is 3.23 bits per heavy atom. The van der Waals surface area contributed by atoms with E-state index in [4.69, 9.17) is 10.9 Å². The summed E-state index contributed by atoms with van der Waals surface area (Å²) in [7, 11) is 0. The number of nitrogens with two attached hydrogens (primary N) is 1. The minimum absolute atomic E-state index is 0.138. The maximum absolute atomic E-state index is 8.58. The molecule has 0 aliphatic carbocycles. The van der Waals surface area contributed by atoms with E-state index in [1.165, 1.54) is 0 Å². The summed E-state index contributed by atoms with van der Waals surface area (Å²) in [6, 6.07) is 0. The van der Waals surface area contributed by atoms with E-state index in [0.29, 0.717) is 0 Å². The second kappa shape index (κ2) is 2.95. The zero-order valence-corrected chi connectivity index (χ0v) is 8.01. The van der Waals surface area contributed by atoms with Crippen LogP contribution >= 0.6 is 11.8 Å². The maximum Gasteiger partial charge on any atom is 0.188 e. The van der Waals surface area contributed by atoms with Crippen LogP contribution in [0.2, 0.25) is 0 Å². The summed E-state index contributed by atoms with van der Waals surface area (Å²) in [6.07, 6.45) is 0. The topological polar surface area (TPSA) is 76.4 Å². The number of fused-ring (bicyclic) bond motifs is 1. The predicted octanol–water partition coefficient (Wildman–Crippen LogP) is 0.392. The van der Waals surface area contributed by atoms with Gasteiger partial charge >= 0.3 is 0 Å². The van der Waals surface area contributed by atoms with Crippen LogP contribution in [0.5, 0.6) is 0 Å². The fourth-order valence-corrected chi connectivity index (χ4v) is 2.46. The summed E-state index contributed by atoms with van der Waals surface area (Å²) in [5.41, 5.74) is 7.10. The van der Waals surface area contributed by atoms with E-state index in [2.05, 4.69) is 10.1 Å². The second-order valence-corrected chi connectivity index (χ2v) is 3.88. The Morgan fingerprint density at radius 2 is 2.54 bits per heavy atom. The Labute approximate surface area is 79.6 Å². The van der Waals surface area contributed by atoms with Crippen molar-refractivity contribution >= 4 is 17.6 Å². The first-order valence-electron chi connectivity index (χ1n) is 3.92. The average molecular weight is 198 g/mol. The lowest BCUT2D eigenvalue weighted by Gasteiger charge is -2.02. The molecular weight excluding hydrogens is 188 g/mol. The maximum atomic E-state index is 8.58. The lowest BCUT2D eigenvalue weighted by molar-refractivity contribution is 0.318. The summed E-state index contributed by atoms with van der Waals surface area (Å²) in [5.74, 6) is 1.15. The van der Waals surface area contributed by atoms with Crippen molar-refractivity contribution in [3.05, 3.63) is 11.4 Å². The van der Waals surface area contributed by atoms with Crippen LogP contribution in [0.1, 0.15) is 11.4 Å². The highest BCUT2D eigenvalue weighted by Gasteiger charge is 2.21. The third-order valence-corrected chi connectivity index (χ3v) is 2.96. The number of thioether (sulfide) groups is 1. The van der Waals surface area contributed by atoms with Gasteiger partial charge < -0.3 is 15.5 Å². The number of hydrogen-bond donors (Lipinski definition) is 2. The van der Waals surface area contributed by atoms with Crippen molar-refractivity contribution in [2.75, 3.05) is 5.75 Å². The number of hydrogen-bond acceptors (Lipinski definition) is 4. The monoisotopic (exact) mass is 198 g/mol. The average Bonchev–Trinajstić information content (AvgIpc) is 2.62. The van der Waals surface area contributed by atoms with Gasteiger partial charge in [0.05, 0.1) is 5.69 Å². The molecule has 0 radical (unpaired) electrons. The molecule has 0 amide bonds. The summed E-state index contributed by atoms with van der Waals surface area (Å²) >= 11 is 1.69. The summed E-state index contributed by atoms with van der Waals surface area (Å²) < 4.78 is 1.98. The minimum atomic E-state index is 0.138. The predicted molar refractivity (Wildman–Crippen MR) is 50.2 cm³/mol. The fourth-order valence-electron chi connectivity index (χ4n) is 1.46. The van der Waals surface area contributed by atoms with E-state index in [1.807, 2.05) is 11.5 Å². The molecule has 3 N–H and O–H groups in total. The van der Waals surface area contributed by atoms with Crippen molar-refractivity contribution in [1.29, 1.82) is 0 Å². The molecule has 0 spiro atoms. The van der Waals surface area contributed by atoms with Gasteiger partial charge in [0, 0.05) is 12.3 Å². The van der Waals surface area contributed by atoms with Crippen molar-refractivity contribution in [2.45, 2.75) is 18.6 Å². The lowest BCUT2D eigenvalue weighted by atomic mass is 10.3. The first-order valence-corrected chi connectivity index (χ1v) is 4.90. The van der Waals surface area contributed by atoms with Gasteiger partial charge in [-0.25, -0.2) is 4.98 Å². The van der Waals surface area contributed by atoms with E-state index < -0.39 is 0 Å². The lowest BCUT2D eigenvalue weighted by Crippen LogP contribution is -2.19. The standard InChI is InChI=1S/C7H10N4OS/c1-4-5(6(8)10-12)11-2-3-13-7(11)9-4/h12H,2-3H2,1H3,(H2,8,10). The van der Waals surface area contributed by atoms with E-state index in [9.17, 15) is 0 Å². The largest absolute Gasteiger partial charge is 0.409 e. The molecule has 1 aliphatic heterocycles. The molecule has 0 unspecified atom stereocenters. The number of imidazole rings is 1. The van der Waals surface area contributed by atoms with Crippen LogP contribution in [0.15, 0.2) is 10.3 Å². The first-order chi connectivity index (χ1) is 6.24. The Bertz CT molecular complexity index is 371. The van der Waals surface area contributed by atoms with Crippen LogP contribution in [-0.2, 0) is 6.54 Å². The molecule has 0 fully saturated rings. The van der Waals surface area contributed by atoms with Gasteiger partial charge in [0.1, 0.15) is 5.69 Å². The molecule has 1 aromatic rings. The number of amidine groups is 1. The Morgan fingerprint density at radius 1 is 1.77 bits per heavy atom. The highest BCUT2D eigenvalue weighted by molar-refractivity contribution is 7.99. The van der Waals surface area contributed by atoms with Crippen LogP contribution in [0.3, 0.4) is 0 Å². The molecular formula is C7H10N4OS. The van der Waals surface area contributed by atoms with Gasteiger partial charge in [-0.2, -0.15) is 0 Å². The molecule has 6 heteroatoms. The van der Waals surface area contributed by atoms with E-state index >= 15 is 0 Å². The molecule has 13 heavy (non-hydrogen) atoms. The van der Waals surface area contributed by atoms with E-state index in [-0.39, 0.29) is 5.84 Å². The fraction of sp³-hybridized carbons (Fsp3) is 0.429. The van der Waals surface area contributed by atoms with Crippen LogP contribution in [0.4, 0.5) is 0 Å². The van der Waals surface area contributed by atoms with Crippen molar-refractivity contribution in [2.24, 2.45) is 10.9 Å². The summed E-state index contributed by atoms with van der Waals surface area (Å²) in [5, 5.41) is 12.5. The van der Waals surface area contributed by atoms with Gasteiger partial charge in [-0.1, -0.05) is 16.9 Å². The number of aromatic nitrogens is 2. The van der Waals surface area contributed by atoms with Crippen molar-refractivity contribution < 1.29 is 5.21 Å². The molecule has 0 bridgehead atoms. The van der Waals surface area contributed by atoms with Crippen LogP contribution in [-0.4, -0.2) is 26.3 Å². The number of aryl methyl sites for hydroxylation is 1. The molecule has 2 heterocycles. The molecule has 70 valence electrons. The highest BCUT2D eigenvalue weighted by atomic mass is 32.2. The zero-order chi connectivity index (χ0) is 9.42.